The van der Waals surface area contributed by atoms with E-state index in [9.17, 15) is 14.7 Å². The summed E-state index contributed by atoms with van der Waals surface area (Å²) in [7, 11) is 0. The van der Waals surface area contributed by atoms with Crippen LogP contribution in [0.4, 0.5) is 0 Å². The van der Waals surface area contributed by atoms with Gasteiger partial charge in [-0.2, -0.15) is 0 Å². The molecule has 1 aliphatic rings. The van der Waals surface area contributed by atoms with E-state index in [0.29, 0.717) is 39.0 Å². The molecule has 0 atom stereocenters. The van der Waals surface area contributed by atoms with Gasteiger partial charge in [-0.1, -0.05) is 0 Å². The van der Waals surface area contributed by atoms with Gasteiger partial charge in [0.25, 0.3) is 0 Å². The Morgan fingerprint density at radius 1 is 1.40 bits per heavy atom. The Hall–Kier alpha value is -1.89. The summed E-state index contributed by atoms with van der Waals surface area (Å²) in [6.45, 7) is 1.55. The predicted octanol–water partition coefficient (Wildman–Crippen LogP) is 0.271. The van der Waals surface area contributed by atoms with Gasteiger partial charge in [0.2, 0.25) is 5.91 Å². The lowest BCUT2D eigenvalue weighted by Gasteiger charge is -2.33. The molecule has 20 heavy (non-hydrogen) atoms. The Morgan fingerprint density at radius 2 is 2.15 bits per heavy atom. The molecule has 0 aromatic carbocycles. The van der Waals surface area contributed by atoms with Gasteiger partial charge in [0.1, 0.15) is 0 Å². The summed E-state index contributed by atoms with van der Waals surface area (Å²) in [5, 5.41) is 12.1. The van der Waals surface area contributed by atoms with Crippen LogP contribution in [0.5, 0.6) is 0 Å². The molecule has 7 nitrogen and oxygen atoms in total. The highest BCUT2D eigenvalue weighted by atomic mass is 16.5. The summed E-state index contributed by atoms with van der Waals surface area (Å²) in [5.74, 6) is -1.01. The molecular weight excluding hydrogens is 262 g/mol. The monoisotopic (exact) mass is 281 g/mol. The number of carbonyl (C=O) groups is 2. The molecule has 1 fully saturated rings. The third kappa shape index (κ3) is 3.57. The van der Waals surface area contributed by atoms with Gasteiger partial charge < -0.3 is 19.7 Å². The third-order valence-electron chi connectivity index (χ3n) is 3.68. The van der Waals surface area contributed by atoms with E-state index in [0.717, 1.165) is 0 Å². The van der Waals surface area contributed by atoms with Gasteiger partial charge in [-0.15, -0.1) is 0 Å². The van der Waals surface area contributed by atoms with Crippen LogP contribution in [0.15, 0.2) is 18.7 Å². The van der Waals surface area contributed by atoms with E-state index < -0.39 is 11.4 Å². The Balaban J connectivity index is 1.80. The van der Waals surface area contributed by atoms with Crippen LogP contribution in [0, 0.1) is 5.41 Å². The van der Waals surface area contributed by atoms with Crippen molar-refractivity contribution in [1.29, 1.82) is 0 Å². The molecule has 2 N–H and O–H groups in total. The second kappa shape index (κ2) is 6.51. The van der Waals surface area contributed by atoms with E-state index in [2.05, 4.69) is 10.3 Å². The number of ether oxygens (including phenoxy) is 1. The number of nitrogens with zero attached hydrogens (tertiary/aromatic N) is 2. The van der Waals surface area contributed by atoms with Gasteiger partial charge in [0.05, 0.1) is 11.7 Å². The second-order valence-electron chi connectivity index (χ2n) is 5.03. The third-order valence-corrected chi connectivity index (χ3v) is 3.68. The maximum atomic E-state index is 11.8. The normalized spacial score (nSPS) is 17.6. The number of amides is 1. The van der Waals surface area contributed by atoms with Crippen LogP contribution in [0.3, 0.4) is 0 Å². The summed E-state index contributed by atoms with van der Waals surface area (Å²) in [6, 6.07) is 0. The van der Waals surface area contributed by atoms with E-state index >= 15 is 0 Å². The predicted molar refractivity (Wildman–Crippen MR) is 70.0 cm³/mol. The highest BCUT2D eigenvalue weighted by molar-refractivity contribution is 5.79. The molecule has 2 heterocycles. The lowest BCUT2D eigenvalue weighted by molar-refractivity contribution is -0.154. The highest BCUT2D eigenvalue weighted by Gasteiger charge is 2.40. The number of carboxylic acid groups (broad SMARTS) is 1. The van der Waals surface area contributed by atoms with Crippen molar-refractivity contribution < 1.29 is 19.4 Å². The number of carboxylic acids is 1. The Labute approximate surface area is 116 Å². The van der Waals surface area contributed by atoms with Crippen molar-refractivity contribution in [2.75, 3.05) is 19.8 Å². The number of rotatable bonds is 6. The number of aryl methyl sites for hydroxylation is 1. The summed E-state index contributed by atoms with van der Waals surface area (Å²) in [6.07, 6.45) is 6.26. The van der Waals surface area contributed by atoms with Crippen LogP contribution >= 0.6 is 0 Å². The standard InChI is InChI=1S/C13H19N3O4/c17-11(1-5-16-6-4-14-10-16)15-9-13(12(18)19)2-7-20-8-3-13/h4,6,10H,1-3,5,7-9H2,(H,15,17)(H,18,19). The maximum absolute atomic E-state index is 11.8. The average molecular weight is 281 g/mol. The fourth-order valence-corrected chi connectivity index (χ4v) is 2.23. The van der Waals surface area contributed by atoms with Gasteiger partial charge in [-0.05, 0) is 12.8 Å². The molecule has 1 saturated heterocycles. The molecule has 0 radical (unpaired) electrons. The molecule has 110 valence electrons. The molecule has 1 aromatic rings. The summed E-state index contributed by atoms with van der Waals surface area (Å²) >= 11 is 0. The molecule has 0 unspecified atom stereocenters. The van der Waals surface area contributed by atoms with Crippen molar-refractivity contribution in [2.45, 2.75) is 25.8 Å². The lowest BCUT2D eigenvalue weighted by atomic mass is 9.80. The van der Waals surface area contributed by atoms with Crippen molar-refractivity contribution in [3.05, 3.63) is 18.7 Å². The van der Waals surface area contributed by atoms with Crippen LogP contribution in [0.25, 0.3) is 0 Å². The summed E-state index contributed by atoms with van der Waals surface area (Å²) < 4.78 is 7.00. The van der Waals surface area contributed by atoms with E-state index in [4.69, 9.17) is 4.74 Å². The molecule has 7 heteroatoms. The van der Waals surface area contributed by atoms with Crippen LogP contribution in [0.2, 0.25) is 0 Å². The summed E-state index contributed by atoms with van der Waals surface area (Å²) in [4.78, 5) is 27.1. The van der Waals surface area contributed by atoms with Crippen molar-refractivity contribution in [1.82, 2.24) is 14.9 Å². The van der Waals surface area contributed by atoms with Crippen LogP contribution in [-0.2, 0) is 20.9 Å². The Kier molecular flexibility index (Phi) is 4.73. The van der Waals surface area contributed by atoms with E-state index in [1.165, 1.54) is 0 Å². The largest absolute Gasteiger partial charge is 0.481 e. The van der Waals surface area contributed by atoms with Gasteiger partial charge in [0, 0.05) is 45.1 Å². The van der Waals surface area contributed by atoms with E-state index in [-0.39, 0.29) is 12.5 Å². The quantitative estimate of drug-likeness (QED) is 0.780. The first kappa shape index (κ1) is 14.5. The Bertz CT molecular complexity index is 452. The van der Waals surface area contributed by atoms with Gasteiger partial charge in [-0.3, -0.25) is 9.59 Å². The van der Waals surface area contributed by atoms with Crippen molar-refractivity contribution >= 4 is 11.9 Å². The summed E-state index contributed by atoms with van der Waals surface area (Å²) in [5.41, 5.74) is -0.886. The van der Waals surface area contributed by atoms with Crippen LogP contribution in [-0.4, -0.2) is 46.3 Å². The van der Waals surface area contributed by atoms with Crippen molar-refractivity contribution in [3.8, 4) is 0 Å². The molecular formula is C13H19N3O4. The number of hydrogen-bond donors (Lipinski definition) is 2. The van der Waals surface area contributed by atoms with Crippen LogP contribution in [0.1, 0.15) is 19.3 Å². The van der Waals surface area contributed by atoms with Crippen molar-refractivity contribution in [3.63, 3.8) is 0 Å². The SMILES string of the molecule is O=C(CCn1ccnc1)NCC1(C(=O)O)CCOCC1. The Morgan fingerprint density at radius 3 is 2.75 bits per heavy atom. The molecule has 0 aliphatic carbocycles. The minimum absolute atomic E-state index is 0.147. The lowest BCUT2D eigenvalue weighted by Crippen LogP contribution is -2.46. The second-order valence-corrected chi connectivity index (χ2v) is 5.03. The highest BCUT2D eigenvalue weighted by Crippen LogP contribution is 2.30. The molecule has 0 spiro atoms. The topological polar surface area (TPSA) is 93.5 Å². The molecule has 1 aliphatic heterocycles. The zero-order valence-corrected chi connectivity index (χ0v) is 11.2. The first-order valence-electron chi connectivity index (χ1n) is 6.66. The first-order valence-corrected chi connectivity index (χ1v) is 6.66. The average Bonchev–Trinajstić information content (AvgIpc) is 2.97. The molecule has 0 saturated carbocycles. The molecule has 1 amide bonds. The zero-order valence-electron chi connectivity index (χ0n) is 11.2. The van der Waals surface area contributed by atoms with Crippen LogP contribution < -0.4 is 5.32 Å². The number of nitrogens with one attached hydrogen (secondary N) is 1. The fourth-order valence-electron chi connectivity index (χ4n) is 2.23. The number of imidazole rings is 1. The van der Waals surface area contributed by atoms with Gasteiger partial charge >= 0.3 is 5.97 Å². The van der Waals surface area contributed by atoms with Crippen molar-refractivity contribution in [2.24, 2.45) is 5.41 Å². The van der Waals surface area contributed by atoms with E-state index in [1.54, 1.807) is 23.3 Å². The maximum Gasteiger partial charge on any atom is 0.311 e. The number of hydrogen-bond acceptors (Lipinski definition) is 4. The number of carbonyl (C=O) groups excluding carboxylic acids is 1. The molecule has 2 rings (SSSR count). The van der Waals surface area contributed by atoms with Gasteiger partial charge in [0.15, 0.2) is 0 Å². The smallest absolute Gasteiger partial charge is 0.311 e. The first-order chi connectivity index (χ1) is 9.62. The van der Waals surface area contributed by atoms with Gasteiger partial charge in [-0.25, -0.2) is 4.98 Å². The fraction of sp³-hybridized carbons (Fsp3) is 0.615. The zero-order chi connectivity index (χ0) is 14.4. The minimum Gasteiger partial charge on any atom is -0.481 e. The number of aromatic nitrogens is 2. The molecule has 1 aromatic heterocycles. The number of aliphatic carboxylic acids is 1. The minimum atomic E-state index is -0.886. The van der Waals surface area contributed by atoms with E-state index in [1.807, 2.05) is 0 Å². The molecule has 0 bridgehead atoms.